The zero-order valence-electron chi connectivity index (χ0n) is 10.6. The van der Waals surface area contributed by atoms with Crippen molar-refractivity contribution in [1.82, 2.24) is 5.43 Å². The SMILES string of the molecule is NC(=O)N(NC(=O)Nc1ccccc1)c1ccccc1. The first-order valence-corrected chi connectivity index (χ1v) is 5.94. The molecule has 2 aromatic carbocycles. The summed E-state index contributed by atoms with van der Waals surface area (Å²) in [6.45, 7) is 0. The molecule has 0 atom stereocenters. The molecule has 0 aliphatic heterocycles. The number of carbonyl (C=O) groups excluding carboxylic acids is 2. The van der Waals surface area contributed by atoms with Gasteiger partial charge in [-0.15, -0.1) is 0 Å². The van der Waals surface area contributed by atoms with Gasteiger partial charge in [0.25, 0.3) is 0 Å². The maximum Gasteiger partial charge on any atom is 0.338 e. The number of nitrogens with one attached hydrogen (secondary N) is 2. The van der Waals surface area contributed by atoms with E-state index < -0.39 is 12.1 Å². The van der Waals surface area contributed by atoms with Crippen molar-refractivity contribution in [2.45, 2.75) is 0 Å². The van der Waals surface area contributed by atoms with E-state index in [1.54, 1.807) is 54.6 Å². The van der Waals surface area contributed by atoms with Crippen LogP contribution in [0, 0.1) is 0 Å². The lowest BCUT2D eigenvalue weighted by Crippen LogP contribution is -2.50. The number of nitrogens with two attached hydrogens (primary N) is 1. The van der Waals surface area contributed by atoms with Crippen LogP contribution in [0.25, 0.3) is 0 Å². The molecule has 0 heterocycles. The zero-order chi connectivity index (χ0) is 14.4. The molecule has 0 radical (unpaired) electrons. The summed E-state index contributed by atoms with van der Waals surface area (Å²) in [5.74, 6) is 0. The molecule has 0 saturated carbocycles. The van der Waals surface area contributed by atoms with Crippen molar-refractivity contribution in [2.75, 3.05) is 10.3 Å². The van der Waals surface area contributed by atoms with E-state index in [9.17, 15) is 9.59 Å². The largest absolute Gasteiger partial charge is 0.350 e. The van der Waals surface area contributed by atoms with Crippen molar-refractivity contribution in [1.29, 1.82) is 0 Å². The highest BCUT2D eigenvalue weighted by molar-refractivity contribution is 5.97. The number of hydrazine groups is 1. The molecule has 2 rings (SSSR count). The second-order valence-corrected chi connectivity index (χ2v) is 3.94. The number of nitrogens with zero attached hydrogens (tertiary/aromatic N) is 1. The molecule has 0 fully saturated rings. The van der Waals surface area contributed by atoms with Gasteiger partial charge in [-0.1, -0.05) is 36.4 Å². The first kappa shape index (κ1) is 13.4. The number of anilines is 2. The van der Waals surface area contributed by atoms with Crippen molar-refractivity contribution < 1.29 is 9.59 Å². The van der Waals surface area contributed by atoms with E-state index >= 15 is 0 Å². The van der Waals surface area contributed by atoms with Crippen molar-refractivity contribution in [3.05, 3.63) is 60.7 Å². The fourth-order valence-corrected chi connectivity index (χ4v) is 1.61. The van der Waals surface area contributed by atoms with Gasteiger partial charge in [-0.3, -0.25) is 0 Å². The maximum atomic E-state index is 11.8. The van der Waals surface area contributed by atoms with Crippen molar-refractivity contribution in [3.8, 4) is 0 Å². The second-order valence-electron chi connectivity index (χ2n) is 3.94. The zero-order valence-corrected chi connectivity index (χ0v) is 10.6. The maximum absolute atomic E-state index is 11.8. The minimum atomic E-state index is -0.778. The Hall–Kier alpha value is -3.02. The molecule has 6 heteroatoms. The van der Waals surface area contributed by atoms with E-state index in [0.29, 0.717) is 11.4 Å². The van der Waals surface area contributed by atoms with E-state index in [-0.39, 0.29) is 0 Å². The third kappa shape index (κ3) is 3.49. The fourth-order valence-electron chi connectivity index (χ4n) is 1.61. The molecule has 0 bridgehead atoms. The van der Waals surface area contributed by atoms with Gasteiger partial charge in [-0.25, -0.2) is 20.0 Å². The molecule has 102 valence electrons. The van der Waals surface area contributed by atoms with Gasteiger partial charge in [0.2, 0.25) is 0 Å². The molecule has 4 amide bonds. The minimum Gasteiger partial charge on any atom is -0.350 e. The number of hydrogen-bond donors (Lipinski definition) is 3. The molecule has 0 spiro atoms. The van der Waals surface area contributed by atoms with Gasteiger partial charge >= 0.3 is 12.1 Å². The van der Waals surface area contributed by atoms with Gasteiger partial charge < -0.3 is 11.1 Å². The van der Waals surface area contributed by atoms with Crippen LogP contribution in [0.3, 0.4) is 0 Å². The van der Waals surface area contributed by atoms with Crippen LogP contribution in [0.1, 0.15) is 0 Å². The summed E-state index contributed by atoms with van der Waals surface area (Å²) < 4.78 is 0. The van der Waals surface area contributed by atoms with Crippen LogP contribution >= 0.6 is 0 Å². The smallest absolute Gasteiger partial charge is 0.338 e. The number of carbonyl (C=O) groups is 2. The van der Waals surface area contributed by atoms with Crippen LogP contribution in [0.15, 0.2) is 60.7 Å². The molecule has 0 unspecified atom stereocenters. The van der Waals surface area contributed by atoms with Gasteiger partial charge in [0, 0.05) is 5.69 Å². The lowest BCUT2D eigenvalue weighted by molar-refractivity contribution is 0.242. The number of primary amides is 1. The van der Waals surface area contributed by atoms with E-state index in [2.05, 4.69) is 10.7 Å². The Bertz CT molecular complexity index is 587. The highest BCUT2D eigenvalue weighted by Crippen LogP contribution is 2.11. The van der Waals surface area contributed by atoms with Crippen LogP contribution < -0.4 is 21.5 Å². The van der Waals surface area contributed by atoms with Crippen molar-refractivity contribution >= 4 is 23.4 Å². The molecule has 0 aliphatic rings. The van der Waals surface area contributed by atoms with Crippen LogP contribution in [-0.4, -0.2) is 12.1 Å². The summed E-state index contributed by atoms with van der Waals surface area (Å²) in [6.07, 6.45) is 0. The van der Waals surface area contributed by atoms with Crippen LogP contribution in [0.4, 0.5) is 21.0 Å². The average Bonchev–Trinajstić information content (AvgIpc) is 2.46. The number of amides is 4. The highest BCUT2D eigenvalue weighted by atomic mass is 16.2. The van der Waals surface area contributed by atoms with Crippen molar-refractivity contribution in [2.24, 2.45) is 5.73 Å². The second kappa shape index (κ2) is 6.24. The number of urea groups is 2. The van der Waals surface area contributed by atoms with Crippen LogP contribution in [0.5, 0.6) is 0 Å². The fraction of sp³-hybridized carbons (Fsp3) is 0. The van der Waals surface area contributed by atoms with Gasteiger partial charge in [0.15, 0.2) is 0 Å². The third-order valence-electron chi connectivity index (χ3n) is 2.48. The summed E-state index contributed by atoms with van der Waals surface area (Å²) in [7, 11) is 0. The monoisotopic (exact) mass is 270 g/mol. The van der Waals surface area contributed by atoms with Gasteiger partial charge in [0.05, 0.1) is 5.69 Å². The molecular formula is C14H14N4O2. The third-order valence-corrected chi connectivity index (χ3v) is 2.48. The predicted molar refractivity (Wildman–Crippen MR) is 77.1 cm³/mol. The topological polar surface area (TPSA) is 87.5 Å². The van der Waals surface area contributed by atoms with Crippen molar-refractivity contribution in [3.63, 3.8) is 0 Å². The molecule has 0 saturated heterocycles. The normalized spacial score (nSPS) is 9.60. The molecular weight excluding hydrogens is 256 g/mol. The summed E-state index contributed by atoms with van der Waals surface area (Å²) in [4.78, 5) is 23.2. The Labute approximate surface area is 116 Å². The number of para-hydroxylation sites is 2. The summed E-state index contributed by atoms with van der Waals surface area (Å²) in [5.41, 5.74) is 8.73. The summed E-state index contributed by atoms with van der Waals surface area (Å²) >= 11 is 0. The number of hydrogen-bond acceptors (Lipinski definition) is 2. The van der Waals surface area contributed by atoms with Gasteiger partial charge in [0.1, 0.15) is 0 Å². The predicted octanol–water partition coefficient (Wildman–Crippen LogP) is 2.31. The average molecular weight is 270 g/mol. The van der Waals surface area contributed by atoms with E-state index in [4.69, 9.17) is 5.73 Å². The van der Waals surface area contributed by atoms with E-state index in [1.807, 2.05) is 6.07 Å². The lowest BCUT2D eigenvalue weighted by atomic mass is 10.3. The number of rotatable bonds is 2. The minimum absolute atomic E-state index is 0.475. The first-order valence-electron chi connectivity index (χ1n) is 5.94. The Morgan fingerprint density at radius 1 is 0.900 bits per heavy atom. The quantitative estimate of drug-likeness (QED) is 0.731. The lowest BCUT2D eigenvalue weighted by Gasteiger charge is -2.21. The van der Waals surface area contributed by atoms with E-state index in [1.165, 1.54) is 0 Å². The van der Waals surface area contributed by atoms with Gasteiger partial charge in [-0.2, -0.15) is 0 Å². The van der Waals surface area contributed by atoms with Crippen LogP contribution in [0.2, 0.25) is 0 Å². The molecule has 0 aromatic heterocycles. The highest BCUT2D eigenvalue weighted by Gasteiger charge is 2.15. The Morgan fingerprint density at radius 3 is 2.00 bits per heavy atom. The summed E-state index contributed by atoms with van der Waals surface area (Å²) in [5, 5.41) is 3.57. The molecule has 0 aliphatic carbocycles. The van der Waals surface area contributed by atoms with E-state index in [0.717, 1.165) is 5.01 Å². The standard InChI is InChI=1S/C14H14N4O2/c15-13(19)18(12-9-5-2-6-10-12)17-14(20)16-11-7-3-1-4-8-11/h1-10H,(H2,15,19)(H2,16,17,20). The molecule has 6 nitrogen and oxygen atoms in total. The molecule has 4 N–H and O–H groups in total. The number of benzene rings is 2. The molecule has 20 heavy (non-hydrogen) atoms. The Morgan fingerprint density at radius 2 is 1.45 bits per heavy atom. The Kier molecular flexibility index (Phi) is 4.18. The Balaban J connectivity index is 2.06. The summed E-state index contributed by atoms with van der Waals surface area (Å²) in [6, 6.07) is 16.1. The molecule has 2 aromatic rings. The first-order chi connectivity index (χ1) is 9.66. The van der Waals surface area contributed by atoms with Crippen LogP contribution in [-0.2, 0) is 0 Å². The van der Waals surface area contributed by atoms with Gasteiger partial charge in [-0.05, 0) is 24.3 Å².